The predicted molar refractivity (Wildman–Crippen MR) is 69.9 cm³/mol. The quantitative estimate of drug-likeness (QED) is 0.844. The van der Waals surface area contributed by atoms with Gasteiger partial charge < -0.3 is 10.2 Å². The molecule has 2 rings (SSSR count). The molecule has 1 fully saturated rings. The molecule has 1 unspecified atom stereocenters. The van der Waals surface area contributed by atoms with Gasteiger partial charge in [0.15, 0.2) is 0 Å². The van der Waals surface area contributed by atoms with Gasteiger partial charge in [-0.25, -0.2) is 0 Å². The topological polar surface area (TPSA) is 39.1 Å². The molecule has 1 heterocycles. The Bertz CT molecular complexity index is 405. The number of hydrogen-bond donors (Lipinski definition) is 1. The Labute approximate surface area is 103 Å². The fourth-order valence-corrected chi connectivity index (χ4v) is 2.33. The Morgan fingerprint density at radius 1 is 1.41 bits per heavy atom. The van der Waals surface area contributed by atoms with Crippen LogP contribution in [-0.4, -0.2) is 24.7 Å². The number of para-hydroxylation sites is 1. The smallest absolute Gasteiger partial charge is 0.0638 e. The van der Waals surface area contributed by atoms with Gasteiger partial charge in [-0.2, -0.15) is 5.26 Å². The minimum atomic E-state index is 0.0906. The standard InChI is InChI=1S/C14H19N3/c1-14(2)11-16-12(8-9-15)10-17(14)13-6-4-3-5-7-13/h3-7,12,16H,8,10-11H2,1-2H3. The molecule has 0 bridgehead atoms. The molecule has 1 saturated heterocycles. The molecule has 1 N–H and O–H groups in total. The predicted octanol–water partition coefficient (Wildman–Crippen LogP) is 2.16. The first-order valence-electron chi connectivity index (χ1n) is 6.06. The van der Waals surface area contributed by atoms with E-state index in [1.54, 1.807) is 0 Å². The zero-order chi connectivity index (χ0) is 12.3. The second-order valence-corrected chi connectivity index (χ2v) is 5.20. The maximum atomic E-state index is 8.80. The van der Waals surface area contributed by atoms with Crippen LogP contribution in [0, 0.1) is 11.3 Å². The van der Waals surface area contributed by atoms with Crippen molar-refractivity contribution in [3.8, 4) is 6.07 Å². The summed E-state index contributed by atoms with van der Waals surface area (Å²) < 4.78 is 0. The summed E-state index contributed by atoms with van der Waals surface area (Å²) in [5.41, 5.74) is 1.33. The highest BCUT2D eigenvalue weighted by molar-refractivity contribution is 5.49. The van der Waals surface area contributed by atoms with Crippen molar-refractivity contribution in [1.29, 1.82) is 5.26 Å². The van der Waals surface area contributed by atoms with Gasteiger partial charge in [-0.15, -0.1) is 0 Å². The molecule has 0 saturated carbocycles. The largest absolute Gasteiger partial charge is 0.364 e. The van der Waals surface area contributed by atoms with Crippen molar-refractivity contribution in [1.82, 2.24) is 5.32 Å². The lowest BCUT2D eigenvalue weighted by Crippen LogP contribution is -2.62. The molecule has 0 radical (unpaired) electrons. The van der Waals surface area contributed by atoms with Gasteiger partial charge in [-0.1, -0.05) is 18.2 Å². The SMILES string of the molecule is CC1(C)CNC(CC#N)CN1c1ccccc1. The highest BCUT2D eigenvalue weighted by Crippen LogP contribution is 2.26. The molecule has 1 aromatic carbocycles. The van der Waals surface area contributed by atoms with Crippen molar-refractivity contribution in [3.63, 3.8) is 0 Å². The van der Waals surface area contributed by atoms with Crippen LogP contribution in [0.15, 0.2) is 30.3 Å². The van der Waals surface area contributed by atoms with Crippen LogP contribution >= 0.6 is 0 Å². The van der Waals surface area contributed by atoms with Crippen molar-refractivity contribution in [2.75, 3.05) is 18.0 Å². The van der Waals surface area contributed by atoms with E-state index in [4.69, 9.17) is 5.26 Å². The number of nitriles is 1. The molecule has 1 aromatic rings. The van der Waals surface area contributed by atoms with Crippen LogP contribution in [-0.2, 0) is 0 Å². The summed E-state index contributed by atoms with van der Waals surface area (Å²) in [4.78, 5) is 2.39. The molecule has 17 heavy (non-hydrogen) atoms. The van der Waals surface area contributed by atoms with Gasteiger partial charge >= 0.3 is 0 Å². The number of hydrogen-bond acceptors (Lipinski definition) is 3. The fraction of sp³-hybridized carbons (Fsp3) is 0.500. The van der Waals surface area contributed by atoms with Crippen LogP contribution in [0.25, 0.3) is 0 Å². The molecular formula is C14H19N3. The fourth-order valence-electron chi connectivity index (χ4n) is 2.33. The number of benzene rings is 1. The molecule has 3 heteroatoms. The summed E-state index contributed by atoms with van der Waals surface area (Å²) in [6, 6.07) is 12.9. The maximum absolute atomic E-state index is 8.80. The molecule has 0 aromatic heterocycles. The van der Waals surface area contributed by atoms with E-state index in [1.807, 2.05) is 6.07 Å². The maximum Gasteiger partial charge on any atom is 0.0638 e. The zero-order valence-electron chi connectivity index (χ0n) is 10.5. The summed E-state index contributed by atoms with van der Waals surface area (Å²) in [5, 5.41) is 12.2. The lowest BCUT2D eigenvalue weighted by Gasteiger charge is -2.47. The highest BCUT2D eigenvalue weighted by Gasteiger charge is 2.33. The van der Waals surface area contributed by atoms with Crippen molar-refractivity contribution < 1.29 is 0 Å². The van der Waals surface area contributed by atoms with Crippen LogP contribution in [0.1, 0.15) is 20.3 Å². The molecule has 0 amide bonds. The molecule has 1 atom stereocenters. The van der Waals surface area contributed by atoms with Crippen LogP contribution in [0.5, 0.6) is 0 Å². The monoisotopic (exact) mass is 229 g/mol. The molecule has 3 nitrogen and oxygen atoms in total. The van der Waals surface area contributed by atoms with Crippen LogP contribution < -0.4 is 10.2 Å². The van der Waals surface area contributed by atoms with Gasteiger partial charge in [0.2, 0.25) is 0 Å². The first kappa shape index (κ1) is 11.9. The van der Waals surface area contributed by atoms with Crippen LogP contribution in [0.4, 0.5) is 5.69 Å². The number of nitrogens with zero attached hydrogens (tertiary/aromatic N) is 2. The van der Waals surface area contributed by atoms with E-state index in [-0.39, 0.29) is 11.6 Å². The summed E-state index contributed by atoms with van der Waals surface area (Å²) in [6.07, 6.45) is 0.569. The summed E-state index contributed by atoms with van der Waals surface area (Å²) in [7, 11) is 0. The van der Waals surface area contributed by atoms with E-state index >= 15 is 0 Å². The highest BCUT2D eigenvalue weighted by atomic mass is 15.3. The van der Waals surface area contributed by atoms with Crippen molar-refractivity contribution in [2.24, 2.45) is 0 Å². The first-order chi connectivity index (χ1) is 8.13. The molecule has 1 aliphatic rings. The van der Waals surface area contributed by atoms with Gasteiger partial charge in [0.1, 0.15) is 0 Å². The van der Waals surface area contributed by atoms with Crippen LogP contribution in [0.2, 0.25) is 0 Å². The Hall–Kier alpha value is -1.53. The molecule has 90 valence electrons. The Morgan fingerprint density at radius 2 is 2.12 bits per heavy atom. The van der Waals surface area contributed by atoms with Crippen LogP contribution in [0.3, 0.4) is 0 Å². The van der Waals surface area contributed by atoms with Gasteiger partial charge in [0, 0.05) is 30.4 Å². The van der Waals surface area contributed by atoms with Gasteiger partial charge in [-0.3, -0.25) is 0 Å². The Balaban J connectivity index is 2.20. The summed E-state index contributed by atoms with van der Waals surface area (Å²) in [6.45, 7) is 6.27. The van der Waals surface area contributed by atoms with Gasteiger partial charge in [-0.05, 0) is 26.0 Å². The Morgan fingerprint density at radius 3 is 2.76 bits per heavy atom. The van der Waals surface area contributed by atoms with E-state index < -0.39 is 0 Å². The van der Waals surface area contributed by atoms with E-state index in [0.29, 0.717) is 6.42 Å². The van der Waals surface area contributed by atoms with E-state index in [9.17, 15) is 0 Å². The summed E-state index contributed by atoms with van der Waals surface area (Å²) in [5.74, 6) is 0. The number of piperazine rings is 1. The van der Waals surface area contributed by atoms with E-state index in [2.05, 4.69) is 54.4 Å². The minimum Gasteiger partial charge on any atom is -0.364 e. The molecular weight excluding hydrogens is 210 g/mol. The van der Waals surface area contributed by atoms with Crippen molar-refractivity contribution in [3.05, 3.63) is 30.3 Å². The van der Waals surface area contributed by atoms with E-state index in [0.717, 1.165) is 13.1 Å². The third-order valence-corrected chi connectivity index (χ3v) is 3.36. The van der Waals surface area contributed by atoms with Crippen molar-refractivity contribution >= 4 is 5.69 Å². The molecule has 1 aliphatic heterocycles. The summed E-state index contributed by atoms with van der Waals surface area (Å²) >= 11 is 0. The second kappa shape index (κ2) is 4.77. The third kappa shape index (κ3) is 2.59. The van der Waals surface area contributed by atoms with Gasteiger partial charge in [0.05, 0.1) is 12.5 Å². The van der Waals surface area contributed by atoms with Crippen molar-refractivity contribution in [2.45, 2.75) is 31.8 Å². The number of rotatable bonds is 2. The lowest BCUT2D eigenvalue weighted by atomic mass is 9.95. The first-order valence-corrected chi connectivity index (χ1v) is 6.06. The minimum absolute atomic E-state index is 0.0906. The second-order valence-electron chi connectivity index (χ2n) is 5.20. The normalized spacial score (nSPS) is 23.1. The third-order valence-electron chi connectivity index (χ3n) is 3.36. The van der Waals surface area contributed by atoms with Gasteiger partial charge in [0.25, 0.3) is 0 Å². The van der Waals surface area contributed by atoms with E-state index in [1.165, 1.54) is 5.69 Å². The number of anilines is 1. The molecule has 0 spiro atoms. The Kier molecular flexibility index (Phi) is 3.35. The number of nitrogens with one attached hydrogen (secondary N) is 1. The average Bonchev–Trinajstić information content (AvgIpc) is 2.33. The zero-order valence-corrected chi connectivity index (χ0v) is 10.5. The molecule has 0 aliphatic carbocycles. The lowest BCUT2D eigenvalue weighted by molar-refractivity contribution is 0.325. The average molecular weight is 229 g/mol.